The van der Waals surface area contributed by atoms with Gasteiger partial charge in [0.1, 0.15) is 5.75 Å². The Morgan fingerprint density at radius 3 is 2.55 bits per heavy atom. The van der Waals surface area contributed by atoms with Crippen LogP contribution < -0.4 is 4.74 Å². The SMILES string of the molecule is CCCCCC#Cc1ccc(-c2ccc(OC)cc2)s1. The van der Waals surface area contributed by atoms with Gasteiger partial charge in [0.05, 0.1) is 12.0 Å². The van der Waals surface area contributed by atoms with Gasteiger partial charge in [-0.3, -0.25) is 0 Å². The quantitative estimate of drug-likeness (QED) is 0.531. The normalized spacial score (nSPS) is 9.90. The van der Waals surface area contributed by atoms with Crippen molar-refractivity contribution >= 4 is 11.3 Å². The number of methoxy groups -OCH3 is 1. The summed E-state index contributed by atoms with van der Waals surface area (Å²) < 4.78 is 5.18. The zero-order valence-corrected chi connectivity index (χ0v) is 12.9. The van der Waals surface area contributed by atoms with Crippen LogP contribution in [0.15, 0.2) is 36.4 Å². The van der Waals surface area contributed by atoms with Crippen molar-refractivity contribution in [2.75, 3.05) is 7.11 Å². The van der Waals surface area contributed by atoms with Crippen molar-refractivity contribution in [3.05, 3.63) is 41.3 Å². The molecule has 1 nitrogen and oxygen atoms in total. The first-order valence-corrected chi connectivity index (χ1v) is 7.88. The van der Waals surface area contributed by atoms with Crippen molar-refractivity contribution in [1.82, 2.24) is 0 Å². The molecule has 0 saturated heterocycles. The Bertz CT molecular complexity index is 584. The summed E-state index contributed by atoms with van der Waals surface area (Å²) in [6.07, 6.45) is 4.74. The smallest absolute Gasteiger partial charge is 0.118 e. The Kier molecular flexibility index (Phi) is 5.70. The maximum atomic E-state index is 5.18. The molecule has 0 unspecified atom stereocenters. The maximum absolute atomic E-state index is 5.18. The molecule has 0 spiro atoms. The first-order valence-electron chi connectivity index (χ1n) is 7.06. The molecule has 1 aromatic carbocycles. The molecule has 0 aliphatic heterocycles. The first kappa shape index (κ1) is 14.7. The second-order valence-electron chi connectivity index (χ2n) is 4.65. The Hall–Kier alpha value is -1.72. The lowest BCUT2D eigenvalue weighted by Gasteiger charge is -2.00. The highest BCUT2D eigenvalue weighted by Crippen LogP contribution is 2.29. The third-order valence-electron chi connectivity index (χ3n) is 3.10. The average molecular weight is 284 g/mol. The van der Waals surface area contributed by atoms with E-state index in [0.29, 0.717) is 0 Å². The fraction of sp³-hybridized carbons (Fsp3) is 0.333. The van der Waals surface area contributed by atoms with Crippen molar-refractivity contribution in [2.45, 2.75) is 32.6 Å². The highest BCUT2D eigenvalue weighted by atomic mass is 32.1. The van der Waals surface area contributed by atoms with Crippen molar-refractivity contribution < 1.29 is 4.74 Å². The lowest BCUT2D eigenvalue weighted by molar-refractivity contribution is 0.415. The van der Waals surface area contributed by atoms with E-state index in [2.05, 4.69) is 43.0 Å². The van der Waals surface area contributed by atoms with Crippen molar-refractivity contribution in [1.29, 1.82) is 0 Å². The highest BCUT2D eigenvalue weighted by Gasteiger charge is 2.01. The van der Waals surface area contributed by atoms with Gasteiger partial charge in [0, 0.05) is 11.3 Å². The maximum Gasteiger partial charge on any atom is 0.118 e. The highest BCUT2D eigenvalue weighted by molar-refractivity contribution is 7.16. The van der Waals surface area contributed by atoms with Crippen LogP contribution in [-0.4, -0.2) is 7.11 Å². The fourth-order valence-corrected chi connectivity index (χ4v) is 2.81. The van der Waals surface area contributed by atoms with Crippen LogP contribution in [-0.2, 0) is 0 Å². The van der Waals surface area contributed by atoms with Gasteiger partial charge in [0.2, 0.25) is 0 Å². The van der Waals surface area contributed by atoms with Crippen LogP contribution in [0, 0.1) is 11.8 Å². The van der Waals surface area contributed by atoms with Crippen molar-refractivity contribution in [3.63, 3.8) is 0 Å². The van der Waals surface area contributed by atoms with Gasteiger partial charge in [-0.2, -0.15) is 0 Å². The van der Waals surface area contributed by atoms with E-state index in [1.54, 1.807) is 18.4 Å². The minimum absolute atomic E-state index is 0.890. The summed E-state index contributed by atoms with van der Waals surface area (Å²) in [7, 11) is 1.69. The molecule has 0 radical (unpaired) electrons. The zero-order valence-electron chi connectivity index (χ0n) is 12.1. The standard InChI is InChI=1S/C18H20OS/c1-3-4-5-6-7-8-17-13-14-18(20-17)15-9-11-16(19-2)12-10-15/h9-14H,3-6H2,1-2H3. The van der Waals surface area contributed by atoms with Crippen LogP contribution in [0.2, 0.25) is 0 Å². The van der Waals surface area contributed by atoms with Crippen LogP contribution >= 0.6 is 11.3 Å². The van der Waals surface area contributed by atoms with Gasteiger partial charge in [-0.05, 0) is 48.4 Å². The number of thiophene rings is 1. The average Bonchev–Trinajstić information content (AvgIpc) is 2.96. The zero-order chi connectivity index (χ0) is 14.2. The lowest BCUT2D eigenvalue weighted by Crippen LogP contribution is -1.81. The summed E-state index contributed by atoms with van der Waals surface area (Å²) in [5.41, 5.74) is 1.22. The van der Waals surface area contributed by atoms with Crippen LogP contribution in [0.25, 0.3) is 10.4 Å². The molecule has 0 amide bonds. The molecule has 2 aromatic rings. The second-order valence-corrected chi connectivity index (χ2v) is 5.74. The molecule has 20 heavy (non-hydrogen) atoms. The van der Waals surface area contributed by atoms with Crippen LogP contribution in [0.3, 0.4) is 0 Å². The summed E-state index contributed by atoms with van der Waals surface area (Å²) in [5.74, 6) is 7.41. The molecule has 0 saturated carbocycles. The largest absolute Gasteiger partial charge is 0.497 e. The van der Waals surface area contributed by atoms with Gasteiger partial charge in [0.25, 0.3) is 0 Å². The molecule has 0 fully saturated rings. The number of hydrogen-bond acceptors (Lipinski definition) is 2. The second kappa shape index (κ2) is 7.77. The van der Waals surface area contributed by atoms with E-state index in [9.17, 15) is 0 Å². The molecule has 0 N–H and O–H groups in total. The van der Waals surface area contributed by atoms with Gasteiger partial charge in [-0.25, -0.2) is 0 Å². The summed E-state index contributed by atoms with van der Waals surface area (Å²) >= 11 is 1.75. The molecule has 0 aliphatic rings. The Balaban J connectivity index is 2.00. The van der Waals surface area contributed by atoms with Gasteiger partial charge in [-0.1, -0.05) is 31.6 Å². The van der Waals surface area contributed by atoms with E-state index in [4.69, 9.17) is 4.74 Å². The third kappa shape index (κ3) is 4.15. The van der Waals surface area contributed by atoms with Crippen molar-refractivity contribution in [2.24, 2.45) is 0 Å². The number of rotatable bonds is 5. The molecular weight excluding hydrogens is 264 g/mol. The topological polar surface area (TPSA) is 9.23 Å². The molecule has 0 bridgehead atoms. The number of hydrogen-bond donors (Lipinski definition) is 0. The molecule has 1 heterocycles. The first-order chi connectivity index (χ1) is 9.83. The fourth-order valence-electron chi connectivity index (χ4n) is 1.93. The summed E-state index contributed by atoms with van der Waals surface area (Å²) in [4.78, 5) is 2.40. The Morgan fingerprint density at radius 2 is 1.85 bits per heavy atom. The van der Waals surface area contributed by atoms with Gasteiger partial charge in [0.15, 0.2) is 0 Å². The third-order valence-corrected chi connectivity index (χ3v) is 4.15. The van der Waals surface area contributed by atoms with E-state index >= 15 is 0 Å². The minimum Gasteiger partial charge on any atom is -0.497 e. The van der Waals surface area contributed by atoms with Gasteiger partial charge in [-0.15, -0.1) is 11.3 Å². The predicted molar refractivity (Wildman–Crippen MR) is 87.3 cm³/mol. The van der Waals surface area contributed by atoms with E-state index in [-0.39, 0.29) is 0 Å². The van der Waals surface area contributed by atoms with Crippen molar-refractivity contribution in [3.8, 4) is 28.0 Å². The molecule has 0 atom stereocenters. The molecule has 104 valence electrons. The number of benzene rings is 1. The van der Waals surface area contributed by atoms with Crippen LogP contribution in [0.5, 0.6) is 5.75 Å². The molecule has 1 aromatic heterocycles. The molecular formula is C18H20OS. The lowest BCUT2D eigenvalue weighted by atomic mass is 10.2. The van der Waals surface area contributed by atoms with Gasteiger partial charge >= 0.3 is 0 Å². The summed E-state index contributed by atoms with van der Waals surface area (Å²) in [6, 6.07) is 12.4. The minimum atomic E-state index is 0.890. The number of unbranched alkanes of at least 4 members (excludes halogenated alkanes) is 3. The van der Waals surface area contributed by atoms with E-state index in [0.717, 1.165) is 17.0 Å². The molecule has 2 rings (SSSR count). The van der Waals surface area contributed by atoms with Crippen LogP contribution in [0.4, 0.5) is 0 Å². The van der Waals surface area contributed by atoms with E-state index < -0.39 is 0 Å². The molecule has 2 heteroatoms. The Labute approximate surface area is 125 Å². The van der Waals surface area contributed by atoms with Crippen LogP contribution in [0.1, 0.15) is 37.5 Å². The van der Waals surface area contributed by atoms with E-state index in [1.165, 1.54) is 29.7 Å². The Morgan fingerprint density at radius 1 is 1.05 bits per heavy atom. The van der Waals surface area contributed by atoms with E-state index in [1.807, 2.05) is 12.1 Å². The number of ether oxygens (including phenoxy) is 1. The molecule has 0 aliphatic carbocycles. The summed E-state index contributed by atoms with van der Waals surface area (Å²) in [5, 5.41) is 0. The predicted octanol–water partition coefficient (Wildman–Crippen LogP) is 5.36. The monoisotopic (exact) mass is 284 g/mol. The van der Waals surface area contributed by atoms with Gasteiger partial charge < -0.3 is 4.74 Å². The summed E-state index contributed by atoms with van der Waals surface area (Å²) in [6.45, 7) is 2.22.